The van der Waals surface area contributed by atoms with Crippen LogP contribution in [-0.4, -0.2) is 25.8 Å². The highest BCUT2D eigenvalue weighted by Gasteiger charge is 2.07. The average Bonchev–Trinajstić information content (AvgIpc) is 2.76. The summed E-state index contributed by atoms with van der Waals surface area (Å²) in [6.07, 6.45) is 3.30. The molecule has 1 amide bonds. The van der Waals surface area contributed by atoms with Crippen molar-refractivity contribution in [3.05, 3.63) is 90.6 Å². The zero-order chi connectivity index (χ0) is 20.8. The maximum absolute atomic E-state index is 12.2. The Morgan fingerprint density at radius 3 is 2.07 bits per heavy atom. The maximum Gasteiger partial charge on any atom is 0.274 e. The second-order valence-corrected chi connectivity index (χ2v) is 6.40. The molecule has 4 rings (SSSR count). The SMILES string of the molecule is Cc1nc(Nc2ccc(NC(=O)c3ccccn3)cc2)cc(Nc2ccccn2)n1. The number of anilines is 5. The Morgan fingerprint density at radius 2 is 1.40 bits per heavy atom. The van der Waals surface area contributed by atoms with Crippen LogP contribution in [0.1, 0.15) is 16.3 Å². The summed E-state index contributed by atoms with van der Waals surface area (Å²) < 4.78 is 0. The van der Waals surface area contributed by atoms with Gasteiger partial charge in [0.05, 0.1) is 0 Å². The number of nitrogens with one attached hydrogen (secondary N) is 3. The highest BCUT2D eigenvalue weighted by Crippen LogP contribution is 2.21. The molecule has 0 spiro atoms. The summed E-state index contributed by atoms with van der Waals surface area (Å²) in [4.78, 5) is 29.3. The van der Waals surface area contributed by atoms with Crippen molar-refractivity contribution in [3.8, 4) is 0 Å². The standard InChI is InChI=1S/C22H19N7O/c1-15-25-20(14-21(26-15)29-19-7-3-5-13-24-19)27-16-8-10-17(11-9-16)28-22(30)18-6-2-4-12-23-18/h2-14H,1H3,(H,28,30)(H2,24,25,26,27,29). The van der Waals surface area contributed by atoms with E-state index < -0.39 is 0 Å². The molecule has 0 fully saturated rings. The van der Waals surface area contributed by atoms with Crippen molar-refractivity contribution in [1.29, 1.82) is 0 Å². The summed E-state index contributed by atoms with van der Waals surface area (Å²) in [6, 6.07) is 20.0. The Labute approximate surface area is 173 Å². The first-order valence-corrected chi connectivity index (χ1v) is 9.29. The topological polar surface area (TPSA) is 105 Å². The predicted molar refractivity (Wildman–Crippen MR) is 116 cm³/mol. The molecule has 0 saturated carbocycles. The minimum Gasteiger partial charge on any atom is -0.340 e. The van der Waals surface area contributed by atoms with Gasteiger partial charge in [-0.1, -0.05) is 12.1 Å². The van der Waals surface area contributed by atoms with Crippen LogP contribution in [0.15, 0.2) is 79.1 Å². The average molecular weight is 397 g/mol. The number of carbonyl (C=O) groups is 1. The van der Waals surface area contributed by atoms with Crippen LogP contribution < -0.4 is 16.0 Å². The Morgan fingerprint density at radius 1 is 0.733 bits per heavy atom. The Balaban J connectivity index is 1.43. The fourth-order valence-corrected chi connectivity index (χ4v) is 2.74. The van der Waals surface area contributed by atoms with E-state index in [-0.39, 0.29) is 5.91 Å². The molecule has 8 heteroatoms. The Bertz CT molecular complexity index is 1130. The fourth-order valence-electron chi connectivity index (χ4n) is 2.74. The van der Waals surface area contributed by atoms with Gasteiger partial charge in [-0.3, -0.25) is 9.78 Å². The van der Waals surface area contributed by atoms with E-state index in [4.69, 9.17) is 0 Å². The summed E-state index contributed by atoms with van der Waals surface area (Å²) >= 11 is 0. The molecule has 4 aromatic rings. The first-order chi connectivity index (χ1) is 14.7. The van der Waals surface area contributed by atoms with Crippen LogP contribution in [0, 0.1) is 6.92 Å². The second kappa shape index (κ2) is 8.78. The smallest absolute Gasteiger partial charge is 0.274 e. The van der Waals surface area contributed by atoms with Crippen molar-refractivity contribution >= 4 is 34.7 Å². The first-order valence-electron chi connectivity index (χ1n) is 9.29. The zero-order valence-electron chi connectivity index (χ0n) is 16.2. The molecule has 0 aliphatic rings. The van der Waals surface area contributed by atoms with Crippen molar-refractivity contribution in [2.75, 3.05) is 16.0 Å². The van der Waals surface area contributed by atoms with Crippen LogP contribution in [0.3, 0.4) is 0 Å². The lowest BCUT2D eigenvalue weighted by molar-refractivity contribution is 0.102. The molecule has 0 radical (unpaired) electrons. The fraction of sp³-hybridized carbons (Fsp3) is 0.0455. The molecule has 3 N–H and O–H groups in total. The lowest BCUT2D eigenvalue weighted by Crippen LogP contribution is -2.13. The Kier molecular flexibility index (Phi) is 5.56. The summed E-state index contributed by atoms with van der Waals surface area (Å²) in [7, 11) is 0. The maximum atomic E-state index is 12.2. The van der Waals surface area contributed by atoms with Crippen LogP contribution in [0.2, 0.25) is 0 Å². The minimum absolute atomic E-state index is 0.257. The molecule has 0 bridgehead atoms. The number of amides is 1. The van der Waals surface area contributed by atoms with Gasteiger partial charge in [-0.05, 0) is 55.5 Å². The van der Waals surface area contributed by atoms with E-state index in [0.717, 1.165) is 5.69 Å². The van der Waals surface area contributed by atoms with Crippen LogP contribution in [-0.2, 0) is 0 Å². The van der Waals surface area contributed by atoms with Crippen molar-refractivity contribution < 1.29 is 4.79 Å². The molecule has 0 aliphatic heterocycles. The van der Waals surface area contributed by atoms with Gasteiger partial charge in [0.15, 0.2) is 0 Å². The van der Waals surface area contributed by atoms with Gasteiger partial charge in [0.25, 0.3) is 5.91 Å². The molecule has 0 atom stereocenters. The van der Waals surface area contributed by atoms with Crippen LogP contribution in [0.25, 0.3) is 0 Å². The molecule has 0 saturated heterocycles. The molecule has 8 nitrogen and oxygen atoms in total. The predicted octanol–water partition coefficient (Wildman–Crippen LogP) is 4.31. The number of aryl methyl sites for hydroxylation is 1. The molecule has 1 aromatic carbocycles. The highest BCUT2D eigenvalue weighted by atomic mass is 16.1. The van der Waals surface area contributed by atoms with E-state index in [1.165, 1.54) is 0 Å². The van der Waals surface area contributed by atoms with Gasteiger partial charge in [-0.2, -0.15) is 0 Å². The third-order valence-electron chi connectivity index (χ3n) is 4.07. The van der Waals surface area contributed by atoms with Gasteiger partial charge in [-0.15, -0.1) is 0 Å². The molecule has 30 heavy (non-hydrogen) atoms. The van der Waals surface area contributed by atoms with Gasteiger partial charge in [0.2, 0.25) is 0 Å². The van der Waals surface area contributed by atoms with E-state index in [1.54, 1.807) is 36.7 Å². The van der Waals surface area contributed by atoms with Crippen molar-refractivity contribution in [3.63, 3.8) is 0 Å². The summed E-state index contributed by atoms with van der Waals surface area (Å²) in [6.45, 7) is 1.82. The molecular formula is C22H19N7O. The number of benzene rings is 1. The number of aromatic nitrogens is 4. The van der Waals surface area contributed by atoms with Crippen molar-refractivity contribution in [1.82, 2.24) is 19.9 Å². The number of hydrogen-bond donors (Lipinski definition) is 3. The molecule has 0 aliphatic carbocycles. The van der Waals surface area contributed by atoms with Crippen LogP contribution in [0.5, 0.6) is 0 Å². The number of hydrogen-bond acceptors (Lipinski definition) is 7. The zero-order valence-corrected chi connectivity index (χ0v) is 16.2. The van der Waals surface area contributed by atoms with Crippen LogP contribution in [0.4, 0.5) is 28.8 Å². The van der Waals surface area contributed by atoms with E-state index in [9.17, 15) is 4.79 Å². The quantitative estimate of drug-likeness (QED) is 0.445. The van der Waals surface area contributed by atoms with Gasteiger partial charge < -0.3 is 16.0 Å². The van der Waals surface area contributed by atoms with E-state index >= 15 is 0 Å². The Hall–Kier alpha value is -4.33. The molecule has 3 heterocycles. The van der Waals surface area contributed by atoms with Crippen molar-refractivity contribution in [2.45, 2.75) is 6.92 Å². The van der Waals surface area contributed by atoms with Gasteiger partial charge >= 0.3 is 0 Å². The summed E-state index contributed by atoms with van der Waals surface area (Å²) in [5, 5.41) is 9.23. The number of nitrogens with zero attached hydrogens (tertiary/aromatic N) is 4. The minimum atomic E-state index is -0.257. The van der Waals surface area contributed by atoms with E-state index in [1.807, 2.05) is 49.4 Å². The molecule has 148 valence electrons. The third-order valence-corrected chi connectivity index (χ3v) is 4.07. The van der Waals surface area contributed by atoms with Gasteiger partial charge in [0, 0.05) is 29.8 Å². The number of carbonyl (C=O) groups excluding carboxylic acids is 1. The molecular weight excluding hydrogens is 378 g/mol. The van der Waals surface area contributed by atoms with Crippen LogP contribution >= 0.6 is 0 Å². The molecule has 3 aromatic heterocycles. The highest BCUT2D eigenvalue weighted by molar-refractivity contribution is 6.02. The first kappa shape index (κ1) is 19.0. The van der Waals surface area contributed by atoms with Crippen molar-refractivity contribution in [2.24, 2.45) is 0 Å². The number of rotatable bonds is 6. The second-order valence-electron chi connectivity index (χ2n) is 6.40. The normalized spacial score (nSPS) is 10.3. The van der Waals surface area contributed by atoms with Gasteiger partial charge in [0.1, 0.15) is 29.0 Å². The number of pyridine rings is 2. The third kappa shape index (κ3) is 4.93. The summed E-state index contributed by atoms with van der Waals surface area (Å²) in [5.41, 5.74) is 1.87. The summed E-state index contributed by atoms with van der Waals surface area (Å²) in [5.74, 6) is 2.36. The monoisotopic (exact) mass is 397 g/mol. The largest absolute Gasteiger partial charge is 0.340 e. The van der Waals surface area contributed by atoms with E-state index in [2.05, 4.69) is 35.9 Å². The lowest BCUT2D eigenvalue weighted by Gasteiger charge is -2.11. The van der Waals surface area contributed by atoms with Gasteiger partial charge in [-0.25, -0.2) is 15.0 Å². The van der Waals surface area contributed by atoms with E-state index in [0.29, 0.717) is 34.7 Å². The lowest BCUT2D eigenvalue weighted by atomic mass is 10.2. The molecule has 0 unspecified atom stereocenters.